The predicted molar refractivity (Wildman–Crippen MR) is 222 cm³/mol. The minimum atomic E-state index is -0.669. The summed E-state index contributed by atoms with van der Waals surface area (Å²) in [6, 6.07) is 21.9. The van der Waals surface area contributed by atoms with Crippen LogP contribution in [0.3, 0.4) is 0 Å². The number of hydrogen-bond acceptors (Lipinski definition) is 8. The van der Waals surface area contributed by atoms with E-state index in [9.17, 15) is 14.7 Å². The Hall–Kier alpha value is -4.61. The number of carboxylic acid groups (broad SMARTS) is 1. The topological polar surface area (TPSA) is 136 Å². The van der Waals surface area contributed by atoms with Gasteiger partial charge in [0.2, 0.25) is 5.91 Å². The highest BCUT2D eigenvalue weighted by Gasteiger charge is 2.59. The van der Waals surface area contributed by atoms with Crippen LogP contribution in [0.4, 0.5) is 5.69 Å². The molecule has 2 bridgehead atoms. The smallest absolute Gasteiger partial charge is 0.309 e. The minimum Gasteiger partial charge on any atom is -0.496 e. The molecule has 1 heterocycles. The molecule has 1 aliphatic heterocycles. The zero-order chi connectivity index (χ0) is 39.6. The summed E-state index contributed by atoms with van der Waals surface area (Å²) in [5.74, 6) is 0.895. The number of carbonyl (C=O) groups is 2. The van der Waals surface area contributed by atoms with E-state index in [2.05, 4.69) is 27.9 Å². The lowest BCUT2D eigenvalue weighted by Crippen LogP contribution is -2.42. The average molecular weight is 799 g/mol. The first-order valence-electron chi connectivity index (χ1n) is 19.1. The molecule has 3 aliphatic rings. The minimum absolute atomic E-state index is 0.104. The molecule has 1 saturated heterocycles. The molecular weight excluding hydrogens is 749 g/mol. The molecule has 4 aromatic carbocycles. The lowest BCUT2D eigenvalue weighted by atomic mass is 9.84. The van der Waals surface area contributed by atoms with Crippen LogP contribution < -0.4 is 25.4 Å². The molecule has 1 unspecified atom stereocenters. The number of halogens is 2. The van der Waals surface area contributed by atoms with Gasteiger partial charge in [0.05, 0.1) is 24.7 Å². The molecule has 56 heavy (non-hydrogen) atoms. The van der Waals surface area contributed by atoms with Crippen LogP contribution in [0.15, 0.2) is 66.7 Å². The van der Waals surface area contributed by atoms with Crippen molar-refractivity contribution >= 4 is 47.0 Å². The van der Waals surface area contributed by atoms with Crippen molar-refractivity contribution in [3.8, 4) is 33.8 Å². The summed E-state index contributed by atoms with van der Waals surface area (Å²) in [5.41, 5.74) is 6.90. The Kier molecular flexibility index (Phi) is 11.7. The van der Waals surface area contributed by atoms with Gasteiger partial charge in [-0.15, -0.1) is 0 Å². The van der Waals surface area contributed by atoms with E-state index >= 15 is 0 Å². The Morgan fingerprint density at radius 3 is 2.34 bits per heavy atom. The van der Waals surface area contributed by atoms with E-state index in [1.807, 2.05) is 66.7 Å². The highest BCUT2D eigenvalue weighted by Crippen LogP contribution is 2.59. The molecule has 3 fully saturated rings. The molecule has 10 nitrogen and oxygen atoms in total. The highest BCUT2D eigenvalue weighted by atomic mass is 35.5. The van der Waals surface area contributed by atoms with Gasteiger partial charge in [-0.1, -0.05) is 65.7 Å². The Bertz CT molecular complexity index is 2150. The van der Waals surface area contributed by atoms with Crippen molar-refractivity contribution in [1.29, 1.82) is 5.41 Å². The summed E-state index contributed by atoms with van der Waals surface area (Å²) in [6.45, 7) is 2.29. The molecular formula is C44H49Cl2N5O5. The van der Waals surface area contributed by atoms with Crippen molar-refractivity contribution in [2.75, 3.05) is 33.1 Å². The molecule has 0 spiro atoms. The third-order valence-electron chi connectivity index (χ3n) is 12.3. The maximum Gasteiger partial charge on any atom is 0.309 e. The summed E-state index contributed by atoms with van der Waals surface area (Å²) >= 11 is 14.1. The predicted octanol–water partition coefficient (Wildman–Crippen LogP) is 8.54. The number of fused-ring (bicyclic) bond motifs is 2. The van der Waals surface area contributed by atoms with Crippen LogP contribution in [0.5, 0.6) is 11.5 Å². The zero-order valence-electron chi connectivity index (χ0n) is 32.1. The van der Waals surface area contributed by atoms with Gasteiger partial charge in [0.1, 0.15) is 11.5 Å². The largest absolute Gasteiger partial charge is 0.496 e. The number of nitrogens with one attached hydrogen (secondary N) is 4. The van der Waals surface area contributed by atoms with Gasteiger partial charge in [0.15, 0.2) is 0 Å². The fourth-order valence-electron chi connectivity index (χ4n) is 9.03. The van der Waals surface area contributed by atoms with E-state index in [1.165, 1.54) is 6.21 Å². The number of amides is 1. The number of ether oxygens (including phenoxy) is 2. The average Bonchev–Trinajstić information content (AvgIpc) is 3.93. The molecule has 2 aliphatic carbocycles. The molecule has 7 rings (SSSR count). The Morgan fingerprint density at radius 2 is 1.66 bits per heavy atom. The van der Waals surface area contributed by atoms with Crippen LogP contribution in [-0.2, 0) is 29.2 Å². The van der Waals surface area contributed by atoms with E-state index in [1.54, 1.807) is 14.2 Å². The van der Waals surface area contributed by atoms with Gasteiger partial charge in [-0.2, -0.15) is 0 Å². The number of benzene rings is 4. The lowest BCUT2D eigenvalue weighted by molar-refractivity contribution is -0.148. The number of carboxylic acids is 1. The van der Waals surface area contributed by atoms with Crippen LogP contribution in [-0.4, -0.2) is 67.5 Å². The number of methoxy groups -OCH3 is 2. The van der Waals surface area contributed by atoms with Crippen LogP contribution in [0.2, 0.25) is 10.0 Å². The second-order valence-electron chi connectivity index (χ2n) is 15.5. The fourth-order valence-corrected chi connectivity index (χ4v) is 9.62. The molecule has 2 saturated carbocycles. The third-order valence-corrected chi connectivity index (χ3v) is 13.1. The van der Waals surface area contributed by atoms with Gasteiger partial charge >= 0.3 is 5.97 Å². The number of nitrogens with zero attached hydrogens (tertiary/aromatic N) is 1. The van der Waals surface area contributed by atoms with Crippen LogP contribution in [0.1, 0.15) is 67.2 Å². The van der Waals surface area contributed by atoms with Crippen molar-refractivity contribution < 1.29 is 24.2 Å². The SMILES string of the molecule is COc1cc(-c2cccc(-c3cccc(NCc4cc(OC)c(CN(C)C56CCC(C(=O)O)(CC5)C6)cc4Cl)c3C=N)c2Cl)ccc1CNCC1CCC(=O)N1. The molecule has 0 aromatic heterocycles. The van der Waals surface area contributed by atoms with E-state index in [4.69, 9.17) is 38.1 Å². The Labute approximate surface area is 338 Å². The van der Waals surface area contributed by atoms with Gasteiger partial charge in [-0.05, 0) is 86.5 Å². The molecule has 0 radical (unpaired) electrons. The molecule has 12 heteroatoms. The van der Waals surface area contributed by atoms with Crippen LogP contribution >= 0.6 is 23.2 Å². The second-order valence-corrected chi connectivity index (χ2v) is 16.3. The van der Waals surface area contributed by atoms with Crippen LogP contribution in [0, 0.1) is 10.8 Å². The van der Waals surface area contributed by atoms with Crippen molar-refractivity contribution in [1.82, 2.24) is 15.5 Å². The van der Waals surface area contributed by atoms with E-state index in [0.717, 1.165) is 88.2 Å². The van der Waals surface area contributed by atoms with Crippen molar-refractivity contribution in [2.24, 2.45) is 5.41 Å². The van der Waals surface area contributed by atoms with Gasteiger partial charge in [0.25, 0.3) is 0 Å². The maximum atomic E-state index is 12.1. The van der Waals surface area contributed by atoms with Crippen molar-refractivity contribution in [3.63, 3.8) is 0 Å². The summed E-state index contributed by atoms with van der Waals surface area (Å²) in [6.07, 6.45) is 6.63. The van der Waals surface area contributed by atoms with E-state index < -0.39 is 11.4 Å². The summed E-state index contributed by atoms with van der Waals surface area (Å²) < 4.78 is 11.6. The van der Waals surface area contributed by atoms with Crippen molar-refractivity contribution in [3.05, 3.63) is 99.0 Å². The first kappa shape index (κ1) is 39.6. The fraction of sp³-hybridized carbons (Fsp3) is 0.386. The van der Waals surface area contributed by atoms with E-state index in [-0.39, 0.29) is 17.5 Å². The summed E-state index contributed by atoms with van der Waals surface area (Å²) in [5, 5.41) is 29.4. The molecule has 4 aromatic rings. The van der Waals surface area contributed by atoms with Gasteiger partial charge in [0, 0.05) is 88.9 Å². The Morgan fingerprint density at radius 1 is 0.946 bits per heavy atom. The van der Waals surface area contributed by atoms with Gasteiger partial charge < -0.3 is 35.9 Å². The molecule has 1 amide bonds. The monoisotopic (exact) mass is 797 g/mol. The van der Waals surface area contributed by atoms with Crippen molar-refractivity contribution in [2.45, 2.75) is 76.2 Å². The summed E-state index contributed by atoms with van der Waals surface area (Å²) in [4.78, 5) is 25.9. The first-order chi connectivity index (χ1) is 27.0. The molecule has 5 N–H and O–H groups in total. The lowest BCUT2D eigenvalue weighted by Gasteiger charge is -2.37. The Balaban J connectivity index is 1.07. The second kappa shape index (κ2) is 16.5. The van der Waals surface area contributed by atoms with Gasteiger partial charge in [-0.3, -0.25) is 14.5 Å². The number of rotatable bonds is 16. The zero-order valence-corrected chi connectivity index (χ0v) is 33.6. The normalized spacial score (nSPS) is 21.3. The standard InChI is InChI=1S/C44H49Cl2N5O5/c1-51(44-16-14-43(26-44,15-17-44)42(53)54)25-30-18-36(45)29(20-39(30)56-3)23-49-37-9-5-7-33(35(37)21-47)34-8-4-6-32(41(34)46)27-10-11-28(38(19-27)55-2)22-48-24-31-12-13-40(52)50-31/h4-11,18-21,31,47-49H,12-17,22-26H2,1-3H3,(H,50,52)(H,53,54). The quantitative estimate of drug-likeness (QED) is 0.0713. The van der Waals surface area contributed by atoms with Gasteiger partial charge in [-0.25, -0.2) is 0 Å². The number of anilines is 1. The third kappa shape index (κ3) is 7.72. The highest BCUT2D eigenvalue weighted by molar-refractivity contribution is 6.36. The first-order valence-corrected chi connectivity index (χ1v) is 19.9. The number of hydrogen-bond donors (Lipinski definition) is 5. The summed E-state index contributed by atoms with van der Waals surface area (Å²) in [7, 11) is 5.38. The number of carbonyl (C=O) groups excluding carboxylic acids is 1. The van der Waals surface area contributed by atoms with E-state index in [0.29, 0.717) is 54.6 Å². The maximum absolute atomic E-state index is 12.1. The molecule has 1 atom stereocenters. The molecule has 294 valence electrons. The number of aliphatic carboxylic acids is 1. The van der Waals surface area contributed by atoms with Crippen LogP contribution in [0.25, 0.3) is 22.3 Å².